The van der Waals surface area contributed by atoms with Crippen LogP contribution in [0.2, 0.25) is 0 Å². The predicted molar refractivity (Wildman–Crippen MR) is 81.4 cm³/mol. The molecule has 0 radical (unpaired) electrons. The van der Waals surface area contributed by atoms with Gasteiger partial charge in [0, 0.05) is 6.04 Å². The van der Waals surface area contributed by atoms with Gasteiger partial charge in [-0.25, -0.2) is 0 Å². The Hall–Kier alpha value is -0.280. The van der Waals surface area contributed by atoms with Crippen molar-refractivity contribution in [2.24, 2.45) is 11.7 Å². The monoisotopic (exact) mass is 288 g/mol. The van der Waals surface area contributed by atoms with Crippen molar-refractivity contribution in [1.82, 2.24) is 5.32 Å². The topological polar surface area (TPSA) is 55.1 Å². The molecule has 0 spiro atoms. The molecular weight excluding hydrogens is 260 g/mol. The molecule has 0 saturated heterocycles. The van der Waals surface area contributed by atoms with Crippen molar-refractivity contribution < 1.29 is 4.79 Å². The summed E-state index contributed by atoms with van der Waals surface area (Å²) in [5.74, 6) is 0.988. The average molecular weight is 289 g/mol. The highest BCUT2D eigenvalue weighted by Gasteiger charge is 2.36. The normalized spacial score (nSPS) is 30.2. The van der Waals surface area contributed by atoms with E-state index < -0.39 is 5.54 Å². The van der Waals surface area contributed by atoms with Crippen LogP contribution in [0.4, 0.5) is 0 Å². The zero-order valence-corrected chi connectivity index (χ0v) is 12.9. The lowest BCUT2D eigenvalue weighted by molar-refractivity contribution is -0.128. The van der Waals surface area contributed by atoms with Gasteiger partial charge in [0.25, 0.3) is 0 Å². The molecule has 2 rings (SSSR count). The molecule has 112 valence electrons. The first kappa shape index (κ1) is 16.8. The number of hydrogen-bond acceptors (Lipinski definition) is 2. The maximum Gasteiger partial charge on any atom is 0.240 e. The number of nitrogens with one attached hydrogen (secondary N) is 1. The summed E-state index contributed by atoms with van der Waals surface area (Å²) in [4.78, 5) is 12.3. The number of halogens is 1. The highest BCUT2D eigenvalue weighted by molar-refractivity contribution is 5.86. The third-order valence-electron chi connectivity index (χ3n) is 4.96. The van der Waals surface area contributed by atoms with Gasteiger partial charge < -0.3 is 11.1 Å². The molecule has 2 aliphatic carbocycles. The highest BCUT2D eigenvalue weighted by atomic mass is 35.5. The van der Waals surface area contributed by atoms with Crippen molar-refractivity contribution in [3.05, 3.63) is 0 Å². The van der Waals surface area contributed by atoms with Crippen LogP contribution in [0.1, 0.15) is 71.1 Å². The second-order valence-electron chi connectivity index (χ2n) is 6.32. The van der Waals surface area contributed by atoms with Crippen molar-refractivity contribution in [2.45, 2.75) is 82.7 Å². The van der Waals surface area contributed by atoms with Crippen LogP contribution in [0.5, 0.6) is 0 Å². The molecule has 2 saturated carbocycles. The van der Waals surface area contributed by atoms with Crippen LogP contribution in [0.15, 0.2) is 0 Å². The first-order valence-corrected chi connectivity index (χ1v) is 7.74. The van der Waals surface area contributed by atoms with Crippen LogP contribution < -0.4 is 11.1 Å². The Balaban J connectivity index is 0.00000180. The zero-order chi connectivity index (χ0) is 13.0. The summed E-state index contributed by atoms with van der Waals surface area (Å²) < 4.78 is 0. The molecule has 19 heavy (non-hydrogen) atoms. The molecule has 0 unspecified atom stereocenters. The molecule has 1 amide bonds. The van der Waals surface area contributed by atoms with Crippen LogP contribution >= 0.6 is 12.4 Å². The molecule has 0 bridgehead atoms. The number of carbonyl (C=O) groups excluding carboxylic acids is 1. The second-order valence-corrected chi connectivity index (χ2v) is 6.32. The van der Waals surface area contributed by atoms with E-state index in [1.165, 1.54) is 25.7 Å². The molecule has 2 fully saturated rings. The SMILES string of the molecule is CCC1CCC(NC(=O)C2(N)CCCCC2)CC1.Cl. The first-order valence-electron chi connectivity index (χ1n) is 7.74. The molecular formula is C15H29ClN2O. The van der Waals surface area contributed by atoms with E-state index in [-0.39, 0.29) is 18.3 Å². The van der Waals surface area contributed by atoms with E-state index in [1.807, 2.05) is 0 Å². The van der Waals surface area contributed by atoms with Crippen molar-refractivity contribution in [1.29, 1.82) is 0 Å². The van der Waals surface area contributed by atoms with Crippen molar-refractivity contribution >= 4 is 18.3 Å². The third-order valence-corrected chi connectivity index (χ3v) is 4.96. The van der Waals surface area contributed by atoms with Gasteiger partial charge in [0.05, 0.1) is 5.54 Å². The van der Waals surface area contributed by atoms with Gasteiger partial charge in [0.2, 0.25) is 5.91 Å². The molecule has 0 aromatic carbocycles. The van der Waals surface area contributed by atoms with Crippen molar-refractivity contribution in [2.75, 3.05) is 0 Å². The minimum Gasteiger partial charge on any atom is -0.352 e. The maximum atomic E-state index is 12.3. The quantitative estimate of drug-likeness (QED) is 0.838. The Morgan fingerprint density at radius 3 is 2.26 bits per heavy atom. The molecule has 0 aromatic rings. The lowest BCUT2D eigenvalue weighted by Crippen LogP contribution is -2.57. The van der Waals surface area contributed by atoms with E-state index >= 15 is 0 Å². The van der Waals surface area contributed by atoms with E-state index in [1.54, 1.807) is 0 Å². The van der Waals surface area contributed by atoms with E-state index in [0.717, 1.165) is 44.4 Å². The third kappa shape index (κ3) is 4.35. The lowest BCUT2D eigenvalue weighted by Gasteiger charge is -2.35. The number of amides is 1. The minimum atomic E-state index is -0.570. The first-order chi connectivity index (χ1) is 8.64. The van der Waals surface area contributed by atoms with Gasteiger partial charge in [-0.3, -0.25) is 4.79 Å². The second kappa shape index (κ2) is 7.49. The Bertz CT molecular complexity index is 282. The van der Waals surface area contributed by atoms with Gasteiger partial charge in [0.15, 0.2) is 0 Å². The number of hydrogen-bond donors (Lipinski definition) is 2. The Labute approximate surface area is 123 Å². The maximum absolute atomic E-state index is 12.3. The molecule has 0 atom stereocenters. The largest absolute Gasteiger partial charge is 0.352 e. The Kier molecular flexibility index (Phi) is 6.61. The number of carbonyl (C=O) groups is 1. The molecule has 0 aromatic heterocycles. The van der Waals surface area contributed by atoms with Crippen LogP contribution in [0.3, 0.4) is 0 Å². The molecule has 3 nitrogen and oxygen atoms in total. The van der Waals surface area contributed by atoms with E-state index in [0.29, 0.717) is 6.04 Å². The van der Waals surface area contributed by atoms with Gasteiger partial charge in [-0.15, -0.1) is 12.4 Å². The van der Waals surface area contributed by atoms with Crippen molar-refractivity contribution in [3.8, 4) is 0 Å². The van der Waals surface area contributed by atoms with Gasteiger partial charge in [-0.05, 0) is 44.4 Å². The van der Waals surface area contributed by atoms with Crippen LogP contribution in [0, 0.1) is 5.92 Å². The summed E-state index contributed by atoms with van der Waals surface area (Å²) in [5, 5.41) is 3.21. The van der Waals surface area contributed by atoms with Crippen LogP contribution in [-0.4, -0.2) is 17.5 Å². The fraction of sp³-hybridized carbons (Fsp3) is 0.933. The summed E-state index contributed by atoms with van der Waals surface area (Å²) in [7, 11) is 0. The summed E-state index contributed by atoms with van der Waals surface area (Å²) in [6.45, 7) is 2.26. The van der Waals surface area contributed by atoms with Gasteiger partial charge in [-0.2, -0.15) is 0 Å². The summed E-state index contributed by atoms with van der Waals surface area (Å²) >= 11 is 0. The van der Waals surface area contributed by atoms with Gasteiger partial charge >= 0.3 is 0 Å². The zero-order valence-electron chi connectivity index (χ0n) is 12.1. The smallest absolute Gasteiger partial charge is 0.240 e. The standard InChI is InChI=1S/C15H28N2O.ClH/c1-2-12-6-8-13(9-7-12)17-14(18)15(16)10-4-3-5-11-15;/h12-13H,2-11,16H2,1H3,(H,17,18);1H. The average Bonchev–Trinajstić information content (AvgIpc) is 2.40. The minimum absolute atomic E-state index is 0. The molecule has 3 N–H and O–H groups in total. The summed E-state index contributed by atoms with van der Waals surface area (Å²) in [5.41, 5.74) is 5.69. The fourth-order valence-corrected chi connectivity index (χ4v) is 3.45. The Morgan fingerprint density at radius 1 is 1.16 bits per heavy atom. The predicted octanol–water partition coefficient (Wildman–Crippen LogP) is 3.15. The Morgan fingerprint density at radius 2 is 1.74 bits per heavy atom. The van der Waals surface area contributed by atoms with Gasteiger partial charge in [-0.1, -0.05) is 32.6 Å². The molecule has 0 aliphatic heterocycles. The summed E-state index contributed by atoms with van der Waals surface area (Å²) in [6, 6.07) is 0.377. The molecule has 2 aliphatic rings. The lowest BCUT2D eigenvalue weighted by atomic mass is 9.80. The number of rotatable bonds is 3. The van der Waals surface area contributed by atoms with Crippen LogP contribution in [0.25, 0.3) is 0 Å². The van der Waals surface area contributed by atoms with Crippen LogP contribution in [-0.2, 0) is 4.79 Å². The molecule has 0 heterocycles. The van der Waals surface area contributed by atoms with E-state index in [2.05, 4.69) is 12.2 Å². The summed E-state index contributed by atoms with van der Waals surface area (Å²) in [6.07, 6.45) is 11.2. The van der Waals surface area contributed by atoms with E-state index in [4.69, 9.17) is 5.73 Å². The fourth-order valence-electron chi connectivity index (χ4n) is 3.45. The van der Waals surface area contributed by atoms with Gasteiger partial charge in [0.1, 0.15) is 0 Å². The van der Waals surface area contributed by atoms with Crippen molar-refractivity contribution in [3.63, 3.8) is 0 Å². The highest BCUT2D eigenvalue weighted by Crippen LogP contribution is 2.29. The molecule has 4 heteroatoms. The number of nitrogens with two attached hydrogens (primary N) is 1. The van der Waals surface area contributed by atoms with E-state index in [9.17, 15) is 4.79 Å².